The minimum Gasteiger partial charge on any atom is -0.493 e. The van der Waals surface area contributed by atoms with Gasteiger partial charge in [0, 0.05) is 4.47 Å². The van der Waals surface area contributed by atoms with Crippen molar-refractivity contribution in [3.8, 4) is 5.75 Å². The van der Waals surface area contributed by atoms with Crippen molar-refractivity contribution in [2.24, 2.45) is 5.92 Å². The lowest BCUT2D eigenvalue weighted by Gasteiger charge is -2.06. The Bertz CT molecular complexity index is 517. The molecule has 1 saturated carbocycles. The van der Waals surface area contributed by atoms with Crippen LogP contribution in [0.4, 0.5) is 0 Å². The fraction of sp³-hybridized carbons (Fsp3) is 0.286. The molecule has 2 aromatic rings. The Labute approximate surface area is 104 Å². The summed E-state index contributed by atoms with van der Waals surface area (Å²) < 4.78 is 6.87. The van der Waals surface area contributed by atoms with E-state index in [1.54, 1.807) is 0 Å². The summed E-state index contributed by atoms with van der Waals surface area (Å²) in [4.78, 5) is 0. The lowest BCUT2D eigenvalue weighted by molar-refractivity contribution is 0.300. The van der Waals surface area contributed by atoms with Crippen LogP contribution in [0, 0.1) is 5.92 Å². The normalized spacial score (nSPS) is 15.3. The van der Waals surface area contributed by atoms with Crippen LogP contribution in [0.15, 0.2) is 40.9 Å². The van der Waals surface area contributed by atoms with Crippen molar-refractivity contribution in [1.82, 2.24) is 0 Å². The average Bonchev–Trinajstić information content (AvgIpc) is 3.09. The molecule has 0 saturated heterocycles. The van der Waals surface area contributed by atoms with Gasteiger partial charge in [-0.3, -0.25) is 0 Å². The molecule has 16 heavy (non-hydrogen) atoms. The van der Waals surface area contributed by atoms with Gasteiger partial charge in [-0.25, -0.2) is 0 Å². The highest BCUT2D eigenvalue weighted by Gasteiger charge is 2.21. The van der Waals surface area contributed by atoms with Crippen LogP contribution < -0.4 is 4.74 Å². The Morgan fingerprint density at radius 1 is 1.06 bits per heavy atom. The number of rotatable bonds is 3. The number of hydrogen-bond donors (Lipinski definition) is 0. The van der Waals surface area contributed by atoms with Gasteiger partial charge in [0.15, 0.2) is 0 Å². The predicted molar refractivity (Wildman–Crippen MR) is 69.9 cm³/mol. The average molecular weight is 277 g/mol. The van der Waals surface area contributed by atoms with Gasteiger partial charge in [0.2, 0.25) is 0 Å². The molecule has 0 radical (unpaired) electrons. The highest BCUT2D eigenvalue weighted by atomic mass is 79.9. The van der Waals surface area contributed by atoms with Crippen LogP contribution >= 0.6 is 15.9 Å². The maximum absolute atomic E-state index is 5.76. The first-order chi connectivity index (χ1) is 7.81. The second kappa shape index (κ2) is 4.10. The van der Waals surface area contributed by atoms with Crippen molar-refractivity contribution >= 4 is 26.7 Å². The van der Waals surface area contributed by atoms with E-state index in [1.165, 1.54) is 23.6 Å². The zero-order valence-electron chi connectivity index (χ0n) is 8.95. The van der Waals surface area contributed by atoms with E-state index < -0.39 is 0 Å². The fourth-order valence-corrected chi connectivity index (χ4v) is 2.16. The number of ether oxygens (including phenoxy) is 1. The second-order valence-electron chi connectivity index (χ2n) is 4.41. The van der Waals surface area contributed by atoms with Crippen molar-refractivity contribution in [3.05, 3.63) is 40.9 Å². The van der Waals surface area contributed by atoms with E-state index in [0.29, 0.717) is 0 Å². The summed E-state index contributed by atoms with van der Waals surface area (Å²) in [6.07, 6.45) is 2.66. The molecular weight excluding hydrogens is 264 g/mol. The van der Waals surface area contributed by atoms with Crippen LogP contribution in [0.3, 0.4) is 0 Å². The van der Waals surface area contributed by atoms with E-state index in [0.717, 1.165) is 22.7 Å². The van der Waals surface area contributed by atoms with Crippen LogP contribution in [0.2, 0.25) is 0 Å². The molecule has 0 atom stereocenters. The zero-order chi connectivity index (χ0) is 11.0. The minimum atomic E-state index is 0.804. The molecule has 3 rings (SSSR count). The monoisotopic (exact) mass is 276 g/mol. The molecule has 1 aliphatic rings. The summed E-state index contributed by atoms with van der Waals surface area (Å²) in [5.74, 6) is 1.79. The Morgan fingerprint density at radius 3 is 2.69 bits per heavy atom. The zero-order valence-corrected chi connectivity index (χ0v) is 10.5. The van der Waals surface area contributed by atoms with Crippen LogP contribution in [-0.4, -0.2) is 6.61 Å². The van der Waals surface area contributed by atoms with Crippen molar-refractivity contribution in [2.75, 3.05) is 6.61 Å². The highest BCUT2D eigenvalue weighted by molar-refractivity contribution is 9.10. The quantitative estimate of drug-likeness (QED) is 0.808. The number of benzene rings is 2. The summed E-state index contributed by atoms with van der Waals surface area (Å²) in [6.45, 7) is 0.875. The minimum absolute atomic E-state index is 0.804. The summed E-state index contributed by atoms with van der Waals surface area (Å²) >= 11 is 3.49. The van der Waals surface area contributed by atoms with E-state index in [2.05, 4.69) is 52.3 Å². The van der Waals surface area contributed by atoms with Crippen molar-refractivity contribution in [2.45, 2.75) is 12.8 Å². The molecule has 1 fully saturated rings. The molecule has 0 unspecified atom stereocenters. The van der Waals surface area contributed by atoms with Gasteiger partial charge < -0.3 is 4.74 Å². The van der Waals surface area contributed by atoms with Gasteiger partial charge in [0.25, 0.3) is 0 Å². The summed E-state index contributed by atoms with van der Waals surface area (Å²) in [7, 11) is 0. The molecule has 0 aliphatic heterocycles. The number of fused-ring (bicyclic) bond motifs is 1. The maximum Gasteiger partial charge on any atom is 0.119 e. The molecule has 0 N–H and O–H groups in total. The molecule has 0 spiro atoms. The molecule has 0 aromatic heterocycles. The number of hydrogen-bond acceptors (Lipinski definition) is 1. The topological polar surface area (TPSA) is 9.23 Å². The maximum atomic E-state index is 5.76. The van der Waals surface area contributed by atoms with Crippen LogP contribution in [0.5, 0.6) is 5.75 Å². The van der Waals surface area contributed by atoms with Crippen LogP contribution in [-0.2, 0) is 0 Å². The van der Waals surface area contributed by atoms with Gasteiger partial charge >= 0.3 is 0 Å². The summed E-state index contributed by atoms with van der Waals surface area (Å²) in [6, 6.07) is 12.6. The van der Waals surface area contributed by atoms with Gasteiger partial charge in [-0.15, -0.1) is 0 Å². The smallest absolute Gasteiger partial charge is 0.119 e. The van der Waals surface area contributed by atoms with E-state index in [9.17, 15) is 0 Å². The Balaban J connectivity index is 1.87. The summed E-state index contributed by atoms with van der Waals surface area (Å²) in [5, 5.41) is 2.48. The van der Waals surface area contributed by atoms with Crippen LogP contribution in [0.25, 0.3) is 10.8 Å². The largest absolute Gasteiger partial charge is 0.493 e. The fourth-order valence-electron chi connectivity index (χ4n) is 1.78. The third-order valence-electron chi connectivity index (χ3n) is 2.96. The van der Waals surface area contributed by atoms with Gasteiger partial charge in [0.1, 0.15) is 5.75 Å². The molecule has 0 bridgehead atoms. The molecule has 1 nitrogen and oxygen atoms in total. The lowest BCUT2D eigenvalue weighted by atomic mass is 10.1. The molecule has 2 aromatic carbocycles. The van der Waals surface area contributed by atoms with E-state index >= 15 is 0 Å². The Morgan fingerprint density at radius 2 is 1.88 bits per heavy atom. The summed E-state index contributed by atoms with van der Waals surface area (Å²) in [5.41, 5.74) is 0. The van der Waals surface area contributed by atoms with Gasteiger partial charge in [-0.05, 0) is 53.8 Å². The van der Waals surface area contributed by atoms with Crippen LogP contribution in [0.1, 0.15) is 12.8 Å². The Kier molecular flexibility index (Phi) is 2.60. The Hall–Kier alpha value is -1.02. The molecule has 82 valence electrons. The van der Waals surface area contributed by atoms with E-state index in [4.69, 9.17) is 4.74 Å². The van der Waals surface area contributed by atoms with Crippen molar-refractivity contribution < 1.29 is 4.74 Å². The number of halogens is 1. The van der Waals surface area contributed by atoms with Gasteiger partial charge in [-0.1, -0.05) is 28.1 Å². The standard InChI is InChI=1S/C14H13BrO/c15-13-5-3-11-4-6-14(8-12(11)7-13)16-9-10-1-2-10/h3-8,10H,1-2,9H2. The molecule has 0 heterocycles. The third-order valence-corrected chi connectivity index (χ3v) is 3.45. The second-order valence-corrected chi connectivity index (χ2v) is 5.32. The first kappa shape index (κ1) is 10.2. The van der Waals surface area contributed by atoms with E-state index in [1.807, 2.05) is 0 Å². The lowest BCUT2D eigenvalue weighted by Crippen LogP contribution is -1.98. The predicted octanol–water partition coefficient (Wildman–Crippen LogP) is 4.39. The molecule has 0 amide bonds. The molecular formula is C14H13BrO. The van der Waals surface area contributed by atoms with Gasteiger partial charge in [0.05, 0.1) is 6.61 Å². The van der Waals surface area contributed by atoms with E-state index in [-0.39, 0.29) is 0 Å². The highest BCUT2D eigenvalue weighted by Crippen LogP contribution is 2.30. The molecule has 2 heteroatoms. The van der Waals surface area contributed by atoms with Crippen molar-refractivity contribution in [3.63, 3.8) is 0 Å². The molecule has 1 aliphatic carbocycles. The van der Waals surface area contributed by atoms with Gasteiger partial charge in [-0.2, -0.15) is 0 Å². The SMILES string of the molecule is Brc1ccc2ccc(OCC3CC3)cc2c1. The third kappa shape index (κ3) is 2.22. The first-order valence-electron chi connectivity index (χ1n) is 5.63. The van der Waals surface area contributed by atoms with Crippen molar-refractivity contribution in [1.29, 1.82) is 0 Å². The first-order valence-corrected chi connectivity index (χ1v) is 6.43.